The van der Waals surface area contributed by atoms with Crippen LogP contribution in [0.5, 0.6) is 5.75 Å². The molecule has 0 aliphatic rings. The van der Waals surface area contributed by atoms with E-state index in [9.17, 15) is 13.2 Å². The van der Waals surface area contributed by atoms with Gasteiger partial charge in [-0.15, -0.1) is 0 Å². The summed E-state index contributed by atoms with van der Waals surface area (Å²) >= 11 is 0. The van der Waals surface area contributed by atoms with Gasteiger partial charge in [-0.3, -0.25) is 0 Å². The average molecular weight is 267 g/mol. The molecule has 2 nitrogen and oxygen atoms in total. The fourth-order valence-corrected chi connectivity index (χ4v) is 1.59. The zero-order valence-electron chi connectivity index (χ0n) is 9.91. The summed E-state index contributed by atoms with van der Waals surface area (Å²) < 4.78 is 37.1. The van der Waals surface area contributed by atoms with Crippen molar-refractivity contribution >= 4 is 5.69 Å². The Labute approximate surface area is 108 Å². The summed E-state index contributed by atoms with van der Waals surface area (Å²) in [6.45, 7) is 0.478. The Balaban J connectivity index is 1.98. The Hall–Kier alpha value is -2.17. The molecular weight excluding hydrogens is 255 g/mol. The molecule has 0 heterocycles. The Bertz CT molecular complexity index is 532. The molecule has 0 aliphatic carbocycles. The topological polar surface area (TPSA) is 32.3 Å². The largest absolute Gasteiger partial charge is 0.508 e. The van der Waals surface area contributed by atoms with E-state index in [1.807, 2.05) is 0 Å². The molecule has 0 aliphatic heterocycles. The molecular formula is C14H12F3NO. The molecule has 2 aromatic rings. The molecule has 0 radical (unpaired) electrons. The van der Waals surface area contributed by atoms with Gasteiger partial charge in [0.15, 0.2) is 0 Å². The van der Waals surface area contributed by atoms with Crippen LogP contribution in [0.25, 0.3) is 0 Å². The van der Waals surface area contributed by atoms with Crippen molar-refractivity contribution < 1.29 is 18.3 Å². The molecule has 2 aromatic carbocycles. The number of rotatable bonds is 3. The number of nitrogens with one attached hydrogen (secondary N) is 1. The molecule has 0 saturated heterocycles. The fraction of sp³-hybridized carbons (Fsp3) is 0.143. The number of phenolic OH excluding ortho intramolecular Hbond substituents is 1. The maximum atomic E-state index is 12.4. The van der Waals surface area contributed by atoms with Gasteiger partial charge in [-0.1, -0.05) is 12.1 Å². The first-order valence-corrected chi connectivity index (χ1v) is 5.64. The smallest absolute Gasteiger partial charge is 0.416 e. The lowest BCUT2D eigenvalue weighted by atomic mass is 10.2. The summed E-state index contributed by atoms with van der Waals surface area (Å²) in [6.07, 6.45) is -4.31. The Morgan fingerprint density at radius 2 is 1.47 bits per heavy atom. The van der Waals surface area contributed by atoms with E-state index in [1.54, 1.807) is 24.3 Å². The maximum Gasteiger partial charge on any atom is 0.416 e. The van der Waals surface area contributed by atoms with Gasteiger partial charge in [0.25, 0.3) is 0 Å². The van der Waals surface area contributed by atoms with Crippen molar-refractivity contribution in [1.82, 2.24) is 0 Å². The Kier molecular flexibility index (Phi) is 3.64. The van der Waals surface area contributed by atoms with Crippen molar-refractivity contribution in [1.29, 1.82) is 0 Å². The molecule has 0 fully saturated rings. The lowest BCUT2D eigenvalue weighted by Crippen LogP contribution is -2.05. The average Bonchev–Trinajstić information content (AvgIpc) is 2.37. The van der Waals surface area contributed by atoms with E-state index >= 15 is 0 Å². The minimum Gasteiger partial charge on any atom is -0.508 e. The predicted octanol–water partition coefficient (Wildman–Crippen LogP) is 4.02. The van der Waals surface area contributed by atoms with Gasteiger partial charge in [0.2, 0.25) is 0 Å². The summed E-state index contributed by atoms with van der Waals surface area (Å²) in [6, 6.07) is 11.5. The highest BCUT2D eigenvalue weighted by Crippen LogP contribution is 2.29. The molecule has 2 rings (SSSR count). The van der Waals surface area contributed by atoms with Crippen LogP contribution in [0.2, 0.25) is 0 Å². The van der Waals surface area contributed by atoms with E-state index in [0.29, 0.717) is 12.2 Å². The lowest BCUT2D eigenvalue weighted by molar-refractivity contribution is -0.137. The third-order valence-electron chi connectivity index (χ3n) is 2.65. The van der Waals surface area contributed by atoms with Gasteiger partial charge < -0.3 is 10.4 Å². The van der Waals surface area contributed by atoms with Crippen molar-refractivity contribution in [3.05, 3.63) is 59.7 Å². The number of aromatic hydroxyl groups is 1. The first-order valence-electron chi connectivity index (χ1n) is 5.64. The number of anilines is 1. The fourth-order valence-electron chi connectivity index (χ4n) is 1.59. The van der Waals surface area contributed by atoms with Crippen LogP contribution in [0, 0.1) is 0 Å². The van der Waals surface area contributed by atoms with Gasteiger partial charge in [0.05, 0.1) is 5.56 Å². The standard InChI is InChI=1S/C14H12F3NO/c15-14(16,17)11-3-5-12(6-4-11)18-9-10-1-7-13(19)8-2-10/h1-8,18-19H,9H2. The third-order valence-corrected chi connectivity index (χ3v) is 2.65. The van der Waals surface area contributed by atoms with E-state index < -0.39 is 11.7 Å². The summed E-state index contributed by atoms with van der Waals surface area (Å²) in [4.78, 5) is 0. The Morgan fingerprint density at radius 1 is 0.895 bits per heavy atom. The van der Waals surface area contributed by atoms with E-state index in [4.69, 9.17) is 5.11 Å². The van der Waals surface area contributed by atoms with Crippen LogP contribution in [0.1, 0.15) is 11.1 Å². The molecule has 19 heavy (non-hydrogen) atoms. The van der Waals surface area contributed by atoms with Crippen molar-refractivity contribution in [2.75, 3.05) is 5.32 Å². The number of phenols is 1. The van der Waals surface area contributed by atoms with Gasteiger partial charge in [-0.25, -0.2) is 0 Å². The molecule has 5 heteroatoms. The summed E-state index contributed by atoms with van der Waals surface area (Å²) in [5, 5.41) is 12.1. The van der Waals surface area contributed by atoms with Crippen molar-refractivity contribution in [3.8, 4) is 5.75 Å². The summed E-state index contributed by atoms with van der Waals surface area (Å²) in [5.41, 5.74) is 0.876. The first kappa shape index (κ1) is 13.3. The van der Waals surface area contributed by atoms with Crippen molar-refractivity contribution in [2.45, 2.75) is 12.7 Å². The van der Waals surface area contributed by atoms with Crippen molar-refractivity contribution in [2.24, 2.45) is 0 Å². The first-order chi connectivity index (χ1) is 8.95. The second-order valence-corrected chi connectivity index (χ2v) is 4.10. The van der Waals surface area contributed by atoms with Crippen LogP contribution in [-0.4, -0.2) is 5.11 Å². The van der Waals surface area contributed by atoms with Crippen molar-refractivity contribution in [3.63, 3.8) is 0 Å². The predicted molar refractivity (Wildman–Crippen MR) is 66.9 cm³/mol. The normalized spacial score (nSPS) is 11.3. The monoisotopic (exact) mass is 267 g/mol. The van der Waals surface area contributed by atoms with E-state index in [-0.39, 0.29) is 5.75 Å². The number of alkyl halides is 3. The van der Waals surface area contributed by atoms with E-state index in [2.05, 4.69) is 5.32 Å². The highest BCUT2D eigenvalue weighted by molar-refractivity contribution is 5.45. The number of hydrogen-bond donors (Lipinski definition) is 2. The van der Waals surface area contributed by atoms with Crippen LogP contribution in [0.4, 0.5) is 18.9 Å². The molecule has 0 unspecified atom stereocenters. The second kappa shape index (κ2) is 5.22. The molecule has 0 bridgehead atoms. The van der Waals surface area contributed by atoms with Crippen LogP contribution in [0.3, 0.4) is 0 Å². The number of halogens is 3. The molecule has 0 spiro atoms. The maximum absolute atomic E-state index is 12.4. The minimum absolute atomic E-state index is 0.179. The SMILES string of the molecule is Oc1ccc(CNc2ccc(C(F)(F)F)cc2)cc1. The third kappa shape index (κ3) is 3.64. The molecule has 2 N–H and O–H groups in total. The van der Waals surface area contributed by atoms with E-state index in [1.165, 1.54) is 12.1 Å². The van der Waals surface area contributed by atoms with Gasteiger partial charge in [0, 0.05) is 12.2 Å². The van der Waals surface area contributed by atoms with Gasteiger partial charge >= 0.3 is 6.18 Å². The zero-order chi connectivity index (χ0) is 13.9. The quantitative estimate of drug-likeness (QED) is 0.880. The molecule has 0 aromatic heterocycles. The van der Waals surface area contributed by atoms with Crippen LogP contribution in [-0.2, 0) is 12.7 Å². The Morgan fingerprint density at radius 3 is 2.00 bits per heavy atom. The second-order valence-electron chi connectivity index (χ2n) is 4.10. The zero-order valence-corrected chi connectivity index (χ0v) is 9.91. The van der Waals surface area contributed by atoms with Gasteiger partial charge in [0.1, 0.15) is 5.75 Å². The van der Waals surface area contributed by atoms with E-state index in [0.717, 1.165) is 17.7 Å². The van der Waals surface area contributed by atoms with Gasteiger partial charge in [-0.2, -0.15) is 13.2 Å². The number of benzene rings is 2. The van der Waals surface area contributed by atoms with Gasteiger partial charge in [-0.05, 0) is 42.0 Å². The summed E-state index contributed by atoms with van der Waals surface area (Å²) in [7, 11) is 0. The minimum atomic E-state index is -4.31. The lowest BCUT2D eigenvalue weighted by Gasteiger charge is -2.09. The van der Waals surface area contributed by atoms with Crippen LogP contribution < -0.4 is 5.32 Å². The highest BCUT2D eigenvalue weighted by atomic mass is 19.4. The number of hydrogen-bond acceptors (Lipinski definition) is 2. The molecule has 0 saturated carbocycles. The molecule has 0 amide bonds. The van der Waals surface area contributed by atoms with Crippen LogP contribution >= 0.6 is 0 Å². The molecule has 100 valence electrons. The molecule has 0 atom stereocenters. The highest BCUT2D eigenvalue weighted by Gasteiger charge is 2.29. The summed E-state index contributed by atoms with van der Waals surface area (Å²) in [5.74, 6) is 0.179. The van der Waals surface area contributed by atoms with Crippen LogP contribution in [0.15, 0.2) is 48.5 Å².